The van der Waals surface area contributed by atoms with Crippen LogP contribution in [-0.2, 0) is 4.74 Å². The summed E-state index contributed by atoms with van der Waals surface area (Å²) in [5.74, 6) is 0. The van der Waals surface area contributed by atoms with Crippen molar-refractivity contribution in [3.8, 4) is 0 Å². The fourth-order valence-electron chi connectivity index (χ4n) is 2.60. The first-order valence-corrected chi connectivity index (χ1v) is 8.07. The molecule has 1 aliphatic rings. The lowest BCUT2D eigenvalue weighted by Gasteiger charge is -2.37. The van der Waals surface area contributed by atoms with Crippen molar-refractivity contribution in [1.82, 2.24) is 4.90 Å². The zero-order chi connectivity index (χ0) is 17.7. The SMILES string of the molecule is COC(C)c1cccc(NC(=O)N(CCC(F)(F)F)C2CCC2)c1. The summed E-state index contributed by atoms with van der Waals surface area (Å²) in [5, 5.41) is 2.71. The van der Waals surface area contributed by atoms with E-state index in [-0.39, 0.29) is 18.7 Å². The lowest BCUT2D eigenvalue weighted by atomic mass is 9.91. The average molecular weight is 344 g/mol. The number of carbonyl (C=O) groups excluding carboxylic acids is 1. The second-order valence-electron chi connectivity index (χ2n) is 6.08. The first-order chi connectivity index (χ1) is 11.3. The van der Waals surface area contributed by atoms with Crippen molar-refractivity contribution in [2.24, 2.45) is 0 Å². The molecule has 24 heavy (non-hydrogen) atoms. The highest BCUT2D eigenvalue weighted by Crippen LogP contribution is 2.28. The fourth-order valence-corrected chi connectivity index (χ4v) is 2.60. The number of hydrogen-bond acceptors (Lipinski definition) is 2. The van der Waals surface area contributed by atoms with Gasteiger partial charge in [0.2, 0.25) is 0 Å². The van der Waals surface area contributed by atoms with Gasteiger partial charge in [-0.3, -0.25) is 0 Å². The van der Waals surface area contributed by atoms with Gasteiger partial charge in [0.25, 0.3) is 0 Å². The van der Waals surface area contributed by atoms with Crippen LogP contribution in [-0.4, -0.2) is 36.8 Å². The lowest BCUT2D eigenvalue weighted by Crippen LogP contribution is -2.47. The highest BCUT2D eigenvalue weighted by molar-refractivity contribution is 5.89. The maximum absolute atomic E-state index is 12.5. The second-order valence-corrected chi connectivity index (χ2v) is 6.08. The monoisotopic (exact) mass is 344 g/mol. The summed E-state index contributed by atoms with van der Waals surface area (Å²) in [7, 11) is 1.59. The molecule has 1 unspecified atom stereocenters. The van der Waals surface area contributed by atoms with Crippen LogP contribution in [0.2, 0.25) is 0 Å². The Balaban J connectivity index is 2.04. The number of methoxy groups -OCH3 is 1. The zero-order valence-electron chi connectivity index (χ0n) is 13.9. The normalized spacial score (nSPS) is 16.4. The summed E-state index contributed by atoms with van der Waals surface area (Å²) >= 11 is 0. The number of halogens is 3. The van der Waals surface area contributed by atoms with Crippen molar-refractivity contribution in [1.29, 1.82) is 0 Å². The van der Waals surface area contributed by atoms with E-state index in [1.54, 1.807) is 25.3 Å². The number of urea groups is 1. The molecule has 0 spiro atoms. The molecule has 2 amide bonds. The van der Waals surface area contributed by atoms with E-state index in [2.05, 4.69) is 5.32 Å². The third-order valence-electron chi connectivity index (χ3n) is 4.37. The maximum atomic E-state index is 12.5. The first kappa shape index (κ1) is 18.6. The van der Waals surface area contributed by atoms with Crippen molar-refractivity contribution >= 4 is 11.7 Å². The van der Waals surface area contributed by atoms with E-state index in [1.165, 1.54) is 4.90 Å². The molecule has 1 atom stereocenters. The largest absolute Gasteiger partial charge is 0.390 e. The van der Waals surface area contributed by atoms with Crippen molar-refractivity contribution in [3.63, 3.8) is 0 Å². The highest BCUT2D eigenvalue weighted by atomic mass is 19.4. The van der Waals surface area contributed by atoms with E-state index in [1.807, 2.05) is 13.0 Å². The van der Waals surface area contributed by atoms with E-state index in [0.717, 1.165) is 24.8 Å². The molecule has 0 saturated heterocycles. The minimum absolute atomic E-state index is 0.103. The third-order valence-corrected chi connectivity index (χ3v) is 4.37. The average Bonchev–Trinajstić information content (AvgIpc) is 2.47. The molecule has 0 heterocycles. The van der Waals surface area contributed by atoms with Crippen LogP contribution in [0.3, 0.4) is 0 Å². The van der Waals surface area contributed by atoms with Gasteiger partial charge in [-0.25, -0.2) is 4.79 Å². The van der Waals surface area contributed by atoms with Crippen LogP contribution in [0.4, 0.5) is 23.7 Å². The number of ether oxygens (including phenoxy) is 1. The van der Waals surface area contributed by atoms with Crippen LogP contribution >= 0.6 is 0 Å². The van der Waals surface area contributed by atoms with Gasteiger partial charge >= 0.3 is 12.2 Å². The summed E-state index contributed by atoms with van der Waals surface area (Å²) in [6.07, 6.45) is -2.93. The predicted octanol–water partition coefficient (Wildman–Crippen LogP) is 4.73. The van der Waals surface area contributed by atoms with Gasteiger partial charge in [0.1, 0.15) is 0 Å². The minimum Gasteiger partial charge on any atom is -0.377 e. The van der Waals surface area contributed by atoms with E-state index in [9.17, 15) is 18.0 Å². The van der Waals surface area contributed by atoms with Gasteiger partial charge < -0.3 is 15.0 Å². The Morgan fingerprint density at radius 3 is 2.67 bits per heavy atom. The van der Waals surface area contributed by atoms with E-state index < -0.39 is 18.6 Å². The number of alkyl halides is 3. The molecule has 134 valence electrons. The molecule has 0 aliphatic heterocycles. The Labute approximate surface area is 140 Å². The quantitative estimate of drug-likeness (QED) is 0.810. The summed E-state index contributed by atoms with van der Waals surface area (Å²) in [4.78, 5) is 13.7. The Bertz CT molecular complexity index is 559. The number of nitrogens with one attached hydrogen (secondary N) is 1. The van der Waals surface area contributed by atoms with Gasteiger partial charge in [0.05, 0.1) is 12.5 Å². The minimum atomic E-state index is -4.27. The molecule has 0 radical (unpaired) electrons. The van der Waals surface area contributed by atoms with E-state index in [0.29, 0.717) is 5.69 Å². The topological polar surface area (TPSA) is 41.6 Å². The summed E-state index contributed by atoms with van der Waals surface area (Å²) in [5.41, 5.74) is 1.44. The van der Waals surface area contributed by atoms with Gasteiger partial charge in [0.15, 0.2) is 0 Å². The molecule has 0 bridgehead atoms. The standard InChI is InChI=1S/C17H23F3N2O2/c1-12(24-2)13-5-3-6-14(11-13)21-16(23)22(15-7-4-8-15)10-9-17(18,19)20/h3,5-6,11-12,15H,4,7-10H2,1-2H3,(H,21,23). The van der Waals surface area contributed by atoms with Crippen LogP contribution in [0.1, 0.15) is 44.3 Å². The molecule has 2 rings (SSSR count). The lowest BCUT2D eigenvalue weighted by molar-refractivity contribution is -0.137. The van der Waals surface area contributed by atoms with Crippen LogP contribution in [0.15, 0.2) is 24.3 Å². The first-order valence-electron chi connectivity index (χ1n) is 8.07. The van der Waals surface area contributed by atoms with Crippen molar-refractivity contribution in [2.45, 2.75) is 50.9 Å². The van der Waals surface area contributed by atoms with Crippen molar-refractivity contribution in [3.05, 3.63) is 29.8 Å². The maximum Gasteiger partial charge on any atom is 0.390 e. The number of benzene rings is 1. The molecule has 1 N–H and O–H groups in total. The fraction of sp³-hybridized carbons (Fsp3) is 0.588. The Kier molecular flexibility index (Phi) is 6.10. The number of amides is 2. The molecule has 0 aromatic heterocycles. The molecule has 1 fully saturated rings. The zero-order valence-corrected chi connectivity index (χ0v) is 13.9. The van der Waals surface area contributed by atoms with Gasteiger partial charge in [-0.15, -0.1) is 0 Å². The van der Waals surface area contributed by atoms with E-state index in [4.69, 9.17) is 4.74 Å². The number of hydrogen-bond donors (Lipinski definition) is 1. The van der Waals surface area contributed by atoms with Crippen LogP contribution in [0.25, 0.3) is 0 Å². The number of anilines is 1. The molecule has 1 aromatic carbocycles. The number of rotatable bonds is 6. The summed E-state index contributed by atoms with van der Waals surface area (Å²) < 4.78 is 42.7. The summed E-state index contributed by atoms with van der Waals surface area (Å²) in [6.45, 7) is 1.57. The molecule has 1 aromatic rings. The molecule has 1 aliphatic carbocycles. The van der Waals surface area contributed by atoms with Gasteiger partial charge in [-0.1, -0.05) is 12.1 Å². The Morgan fingerprint density at radius 2 is 2.12 bits per heavy atom. The predicted molar refractivity (Wildman–Crippen MR) is 85.9 cm³/mol. The van der Waals surface area contributed by atoms with Crippen molar-refractivity contribution < 1.29 is 22.7 Å². The highest BCUT2D eigenvalue weighted by Gasteiger charge is 2.34. The van der Waals surface area contributed by atoms with Crippen LogP contribution in [0, 0.1) is 0 Å². The second kappa shape index (κ2) is 7.88. The third kappa shape index (κ3) is 5.12. The van der Waals surface area contributed by atoms with Crippen LogP contribution in [0.5, 0.6) is 0 Å². The Hall–Kier alpha value is -1.76. The molecule has 1 saturated carbocycles. The number of nitrogens with zero attached hydrogens (tertiary/aromatic N) is 1. The molecule has 4 nitrogen and oxygen atoms in total. The van der Waals surface area contributed by atoms with Crippen LogP contribution < -0.4 is 5.32 Å². The smallest absolute Gasteiger partial charge is 0.377 e. The molecule has 7 heteroatoms. The van der Waals surface area contributed by atoms with Gasteiger partial charge in [-0.05, 0) is 43.9 Å². The number of carbonyl (C=O) groups is 1. The summed E-state index contributed by atoms with van der Waals surface area (Å²) in [6, 6.07) is 6.56. The molecular formula is C17H23F3N2O2. The van der Waals surface area contributed by atoms with E-state index >= 15 is 0 Å². The van der Waals surface area contributed by atoms with Crippen molar-refractivity contribution in [2.75, 3.05) is 19.0 Å². The Morgan fingerprint density at radius 1 is 1.42 bits per heavy atom. The van der Waals surface area contributed by atoms with Gasteiger partial charge in [-0.2, -0.15) is 13.2 Å². The van der Waals surface area contributed by atoms with Gasteiger partial charge in [0, 0.05) is 25.4 Å². The molecular weight excluding hydrogens is 321 g/mol.